The minimum Gasteiger partial charge on any atom is -0.402 e. The van der Waals surface area contributed by atoms with Crippen LogP contribution in [-0.4, -0.2) is 34.2 Å². The summed E-state index contributed by atoms with van der Waals surface area (Å²) >= 11 is 0. The van der Waals surface area contributed by atoms with Crippen LogP contribution in [0.25, 0.3) is 6.08 Å². The summed E-state index contributed by atoms with van der Waals surface area (Å²) in [5.41, 5.74) is 5.67. The van der Waals surface area contributed by atoms with E-state index in [1.54, 1.807) is 46.0 Å². The van der Waals surface area contributed by atoms with Crippen molar-refractivity contribution >= 4 is 19.4 Å². The standard InChI is InChI=1S/C8H9BN2.C6H14O2/c1-6(10)4-8-3-2-7(9)5-11-8;1-5(2,7)6(3,4)8/h2-5H,10H2,1H3;7-8H,1-4H3/b6-4-;. The molecule has 0 aliphatic rings. The highest BCUT2D eigenvalue weighted by molar-refractivity contribution is 6.32. The van der Waals surface area contributed by atoms with Gasteiger partial charge in [0.1, 0.15) is 7.85 Å². The van der Waals surface area contributed by atoms with Crippen LogP contribution in [0.5, 0.6) is 0 Å². The molecule has 0 atom stereocenters. The summed E-state index contributed by atoms with van der Waals surface area (Å²) in [6, 6.07) is 3.62. The zero-order valence-electron chi connectivity index (χ0n) is 12.3. The van der Waals surface area contributed by atoms with Gasteiger partial charge in [-0.15, -0.1) is 0 Å². The zero-order chi connectivity index (χ0) is 15.3. The van der Waals surface area contributed by atoms with Crippen molar-refractivity contribution in [2.45, 2.75) is 45.8 Å². The van der Waals surface area contributed by atoms with E-state index in [0.29, 0.717) is 5.46 Å². The van der Waals surface area contributed by atoms with Crippen LogP contribution in [0.3, 0.4) is 0 Å². The van der Waals surface area contributed by atoms with Crippen LogP contribution in [0.1, 0.15) is 40.3 Å². The molecule has 104 valence electrons. The first-order valence-electron chi connectivity index (χ1n) is 6.03. The van der Waals surface area contributed by atoms with E-state index < -0.39 is 11.2 Å². The summed E-state index contributed by atoms with van der Waals surface area (Å²) in [6.07, 6.45) is 3.40. The van der Waals surface area contributed by atoms with Gasteiger partial charge in [-0.05, 0) is 46.8 Å². The molecule has 1 heterocycles. The normalized spacial score (nSPS) is 12.7. The van der Waals surface area contributed by atoms with Crippen LogP contribution in [0.4, 0.5) is 0 Å². The lowest BCUT2D eigenvalue weighted by atomic mass is 9.90. The Bertz CT molecular complexity index is 399. The van der Waals surface area contributed by atoms with Crippen LogP contribution in [0.15, 0.2) is 24.0 Å². The molecule has 1 aromatic rings. The summed E-state index contributed by atoms with van der Waals surface area (Å²) in [7, 11) is 5.44. The summed E-state index contributed by atoms with van der Waals surface area (Å²) in [5.74, 6) is 0. The quantitative estimate of drug-likeness (QED) is 0.686. The molecule has 0 amide bonds. The molecule has 0 saturated heterocycles. The third kappa shape index (κ3) is 7.64. The Morgan fingerprint density at radius 3 is 1.95 bits per heavy atom. The lowest BCUT2D eigenvalue weighted by Crippen LogP contribution is -2.44. The monoisotopic (exact) mass is 262 g/mol. The highest BCUT2D eigenvalue weighted by Crippen LogP contribution is 2.19. The summed E-state index contributed by atoms with van der Waals surface area (Å²) in [6.45, 7) is 8.12. The number of rotatable bonds is 2. The SMILES string of the molecule is CC(C)(O)C(C)(C)O.[B]c1ccc(/C=C(/C)N)nc1. The van der Waals surface area contributed by atoms with Crippen molar-refractivity contribution in [3.63, 3.8) is 0 Å². The number of nitrogens with two attached hydrogens (primary N) is 1. The predicted molar refractivity (Wildman–Crippen MR) is 80.1 cm³/mol. The van der Waals surface area contributed by atoms with E-state index >= 15 is 0 Å². The van der Waals surface area contributed by atoms with Gasteiger partial charge in [0.05, 0.1) is 16.9 Å². The minimum absolute atomic E-state index is 0.664. The fourth-order valence-corrected chi connectivity index (χ4v) is 0.735. The first-order chi connectivity index (χ1) is 8.43. The second kappa shape index (κ2) is 6.73. The second-order valence-electron chi connectivity index (χ2n) is 5.52. The van der Waals surface area contributed by atoms with Gasteiger partial charge in [0.25, 0.3) is 0 Å². The smallest absolute Gasteiger partial charge is 0.115 e. The number of aliphatic hydroxyl groups is 2. The predicted octanol–water partition coefficient (Wildman–Crippen LogP) is 0.723. The third-order valence-corrected chi connectivity index (χ3v) is 2.68. The van der Waals surface area contributed by atoms with Crippen molar-refractivity contribution in [2.75, 3.05) is 0 Å². The van der Waals surface area contributed by atoms with E-state index in [4.69, 9.17) is 23.8 Å². The fraction of sp³-hybridized carbons (Fsp3) is 0.500. The van der Waals surface area contributed by atoms with Crippen LogP contribution < -0.4 is 11.2 Å². The number of nitrogens with zero attached hydrogens (tertiary/aromatic N) is 1. The Labute approximate surface area is 116 Å². The number of pyridine rings is 1. The van der Waals surface area contributed by atoms with Crippen LogP contribution in [0, 0.1) is 0 Å². The molecule has 0 bridgehead atoms. The van der Waals surface area contributed by atoms with E-state index in [9.17, 15) is 0 Å². The van der Waals surface area contributed by atoms with Crippen LogP contribution in [0.2, 0.25) is 0 Å². The van der Waals surface area contributed by atoms with Crippen molar-refractivity contribution in [1.29, 1.82) is 0 Å². The average Bonchev–Trinajstić information content (AvgIpc) is 2.18. The largest absolute Gasteiger partial charge is 0.402 e. The van der Waals surface area contributed by atoms with Crippen molar-refractivity contribution in [2.24, 2.45) is 5.73 Å². The maximum atomic E-state index is 9.10. The second-order valence-corrected chi connectivity index (χ2v) is 5.52. The summed E-state index contributed by atoms with van der Waals surface area (Å²) in [5, 5.41) is 18.2. The first kappa shape index (κ1) is 17.7. The Morgan fingerprint density at radius 2 is 1.68 bits per heavy atom. The van der Waals surface area contributed by atoms with Gasteiger partial charge in [-0.1, -0.05) is 11.5 Å². The molecule has 0 aliphatic carbocycles. The third-order valence-electron chi connectivity index (χ3n) is 2.68. The molecule has 1 aromatic heterocycles. The van der Waals surface area contributed by atoms with Gasteiger partial charge in [0.15, 0.2) is 0 Å². The van der Waals surface area contributed by atoms with Gasteiger partial charge in [-0.3, -0.25) is 4.98 Å². The van der Waals surface area contributed by atoms with Gasteiger partial charge in [-0.2, -0.15) is 0 Å². The number of hydrogen-bond donors (Lipinski definition) is 3. The minimum atomic E-state index is -1.01. The molecule has 0 fully saturated rings. The first-order valence-corrected chi connectivity index (χ1v) is 6.03. The molecule has 4 nitrogen and oxygen atoms in total. The zero-order valence-corrected chi connectivity index (χ0v) is 12.3. The van der Waals surface area contributed by atoms with Gasteiger partial charge in [0.2, 0.25) is 0 Å². The lowest BCUT2D eigenvalue weighted by molar-refractivity contribution is -0.107. The fourth-order valence-electron chi connectivity index (χ4n) is 0.735. The molecule has 0 saturated carbocycles. The molecule has 1 rings (SSSR count). The van der Waals surface area contributed by atoms with Gasteiger partial charge in [0, 0.05) is 11.9 Å². The number of hydrogen-bond acceptors (Lipinski definition) is 4. The molecular weight excluding hydrogens is 239 g/mol. The van der Waals surface area contributed by atoms with E-state index in [1.807, 2.05) is 13.0 Å². The molecular formula is C14H23BN2O2. The number of allylic oxidation sites excluding steroid dienone is 1. The summed E-state index contributed by atoms with van der Waals surface area (Å²) < 4.78 is 0. The van der Waals surface area contributed by atoms with E-state index in [0.717, 1.165) is 11.4 Å². The molecule has 0 spiro atoms. The molecule has 19 heavy (non-hydrogen) atoms. The Morgan fingerprint density at radius 1 is 1.21 bits per heavy atom. The molecule has 0 unspecified atom stereocenters. The van der Waals surface area contributed by atoms with Gasteiger partial charge < -0.3 is 15.9 Å². The van der Waals surface area contributed by atoms with Crippen molar-refractivity contribution in [3.05, 3.63) is 29.7 Å². The number of aromatic nitrogens is 1. The van der Waals surface area contributed by atoms with E-state index in [1.165, 1.54) is 0 Å². The molecule has 0 aliphatic heterocycles. The van der Waals surface area contributed by atoms with Gasteiger partial charge in [-0.25, -0.2) is 0 Å². The summed E-state index contributed by atoms with van der Waals surface area (Å²) in [4.78, 5) is 4.04. The van der Waals surface area contributed by atoms with Gasteiger partial charge >= 0.3 is 0 Å². The maximum Gasteiger partial charge on any atom is 0.115 e. The van der Waals surface area contributed by atoms with Crippen molar-refractivity contribution < 1.29 is 10.2 Å². The molecule has 0 aromatic carbocycles. The van der Waals surface area contributed by atoms with E-state index in [2.05, 4.69) is 4.98 Å². The average molecular weight is 262 g/mol. The lowest BCUT2D eigenvalue weighted by Gasteiger charge is -2.31. The Kier molecular flexibility index (Phi) is 6.26. The maximum absolute atomic E-state index is 9.10. The van der Waals surface area contributed by atoms with Crippen LogP contribution in [-0.2, 0) is 0 Å². The molecule has 2 radical (unpaired) electrons. The van der Waals surface area contributed by atoms with Crippen LogP contribution >= 0.6 is 0 Å². The van der Waals surface area contributed by atoms with Crippen molar-refractivity contribution in [3.8, 4) is 0 Å². The van der Waals surface area contributed by atoms with E-state index in [-0.39, 0.29) is 0 Å². The Hall–Kier alpha value is -1.33. The highest BCUT2D eigenvalue weighted by atomic mass is 16.3. The topological polar surface area (TPSA) is 79.4 Å². The Balaban J connectivity index is 0.000000362. The molecule has 5 heteroatoms. The molecule has 4 N–H and O–H groups in total. The highest BCUT2D eigenvalue weighted by Gasteiger charge is 2.31. The van der Waals surface area contributed by atoms with Crippen molar-refractivity contribution in [1.82, 2.24) is 4.98 Å².